The number of rotatable bonds is 4. The number of amides is 1. The van der Waals surface area contributed by atoms with Gasteiger partial charge in [-0.15, -0.1) is 0 Å². The molecule has 0 aliphatic carbocycles. The second kappa shape index (κ2) is 9.01. The number of esters is 1. The van der Waals surface area contributed by atoms with E-state index in [1.807, 2.05) is 6.92 Å². The molecule has 3 heterocycles. The summed E-state index contributed by atoms with van der Waals surface area (Å²) in [6.45, 7) is 3.80. The molecule has 1 aromatic carbocycles. The van der Waals surface area contributed by atoms with Crippen LogP contribution in [0.2, 0.25) is 0 Å². The zero-order valence-corrected chi connectivity index (χ0v) is 18.9. The van der Waals surface area contributed by atoms with Crippen LogP contribution in [0.15, 0.2) is 46.0 Å². The van der Waals surface area contributed by atoms with Gasteiger partial charge in [0.25, 0.3) is 5.56 Å². The van der Waals surface area contributed by atoms with Crippen molar-refractivity contribution in [1.29, 1.82) is 0 Å². The molecule has 1 amide bonds. The maximum absolute atomic E-state index is 13.6. The molecule has 9 nitrogen and oxygen atoms in total. The molecule has 0 N–H and O–H groups in total. The van der Waals surface area contributed by atoms with Crippen LogP contribution in [0.1, 0.15) is 42.2 Å². The summed E-state index contributed by atoms with van der Waals surface area (Å²) >= 11 is 0. The van der Waals surface area contributed by atoms with Gasteiger partial charge in [0.15, 0.2) is 5.65 Å². The standard InChI is InChI=1S/C24H26N4O5/c1-15-13-18(23(31)33-3)20-21(25-15)28(17-10-5-4-6-11-17)24(32)27(22(20)30)14-19(29)26-12-8-7-9-16(26)2/h4-6,10-11,13,16H,7-9,12,14H2,1-3H3/t16-/m1/s1. The lowest BCUT2D eigenvalue weighted by Crippen LogP contribution is -2.48. The third kappa shape index (κ3) is 4.06. The van der Waals surface area contributed by atoms with E-state index in [0.29, 0.717) is 17.9 Å². The number of hydrogen-bond acceptors (Lipinski definition) is 6. The normalized spacial score (nSPS) is 16.1. The number of piperidine rings is 1. The molecule has 0 bridgehead atoms. The Labute approximate surface area is 190 Å². The van der Waals surface area contributed by atoms with Gasteiger partial charge < -0.3 is 9.64 Å². The van der Waals surface area contributed by atoms with E-state index in [1.54, 1.807) is 42.2 Å². The largest absolute Gasteiger partial charge is 0.465 e. The second-order valence-electron chi connectivity index (χ2n) is 8.28. The average Bonchev–Trinajstić information content (AvgIpc) is 2.81. The summed E-state index contributed by atoms with van der Waals surface area (Å²) in [6.07, 6.45) is 2.80. The number of methoxy groups -OCH3 is 1. The quantitative estimate of drug-likeness (QED) is 0.564. The van der Waals surface area contributed by atoms with Gasteiger partial charge >= 0.3 is 11.7 Å². The first-order valence-electron chi connectivity index (χ1n) is 10.9. The first-order valence-corrected chi connectivity index (χ1v) is 10.9. The Hall–Kier alpha value is -3.75. The highest BCUT2D eigenvalue weighted by atomic mass is 16.5. The number of carbonyl (C=O) groups excluding carboxylic acids is 2. The number of carbonyl (C=O) groups is 2. The highest BCUT2D eigenvalue weighted by Gasteiger charge is 2.27. The Balaban J connectivity index is 2.00. The smallest absolute Gasteiger partial charge is 0.338 e. The Kier molecular flexibility index (Phi) is 6.13. The molecule has 1 aliphatic heterocycles. The zero-order chi connectivity index (χ0) is 23.7. The molecule has 2 aromatic heterocycles. The van der Waals surface area contributed by atoms with Crippen LogP contribution >= 0.6 is 0 Å². The van der Waals surface area contributed by atoms with E-state index < -0.39 is 23.8 Å². The highest BCUT2D eigenvalue weighted by Crippen LogP contribution is 2.19. The van der Waals surface area contributed by atoms with Crippen LogP contribution in [0.3, 0.4) is 0 Å². The van der Waals surface area contributed by atoms with Crippen LogP contribution in [-0.2, 0) is 16.1 Å². The number of pyridine rings is 1. The number of ether oxygens (including phenoxy) is 1. The lowest BCUT2D eigenvalue weighted by atomic mass is 10.0. The van der Waals surface area contributed by atoms with Gasteiger partial charge in [0.2, 0.25) is 5.91 Å². The fourth-order valence-electron chi connectivity index (χ4n) is 4.38. The van der Waals surface area contributed by atoms with Crippen LogP contribution in [0.5, 0.6) is 0 Å². The van der Waals surface area contributed by atoms with Crippen LogP contribution in [-0.4, -0.2) is 50.6 Å². The van der Waals surface area contributed by atoms with Gasteiger partial charge in [-0.1, -0.05) is 18.2 Å². The van der Waals surface area contributed by atoms with E-state index in [1.165, 1.54) is 17.7 Å². The number of fused-ring (bicyclic) bond motifs is 1. The first-order chi connectivity index (χ1) is 15.8. The number of nitrogens with zero attached hydrogens (tertiary/aromatic N) is 4. The summed E-state index contributed by atoms with van der Waals surface area (Å²) in [5.74, 6) is -1.02. The number of hydrogen-bond donors (Lipinski definition) is 0. The molecule has 172 valence electrons. The molecular weight excluding hydrogens is 424 g/mol. The van der Waals surface area contributed by atoms with E-state index in [4.69, 9.17) is 4.74 Å². The van der Waals surface area contributed by atoms with Gasteiger partial charge in [-0.2, -0.15) is 0 Å². The van der Waals surface area contributed by atoms with Gasteiger partial charge in [-0.3, -0.25) is 9.59 Å². The lowest BCUT2D eigenvalue weighted by molar-refractivity contribution is -0.135. The van der Waals surface area contributed by atoms with Crippen LogP contribution in [0.25, 0.3) is 16.7 Å². The summed E-state index contributed by atoms with van der Waals surface area (Å²) in [4.78, 5) is 58.8. The maximum Gasteiger partial charge on any atom is 0.338 e. The van der Waals surface area contributed by atoms with Crippen molar-refractivity contribution in [2.45, 2.75) is 45.7 Å². The zero-order valence-electron chi connectivity index (χ0n) is 18.9. The summed E-state index contributed by atoms with van der Waals surface area (Å²) < 4.78 is 7.04. The summed E-state index contributed by atoms with van der Waals surface area (Å²) in [7, 11) is 1.22. The molecule has 1 atom stereocenters. The summed E-state index contributed by atoms with van der Waals surface area (Å²) in [5.41, 5.74) is -0.469. The minimum absolute atomic E-state index is 0.00206. The highest BCUT2D eigenvalue weighted by molar-refractivity contribution is 6.02. The van der Waals surface area contributed by atoms with E-state index in [9.17, 15) is 19.2 Å². The Morgan fingerprint density at radius 2 is 1.88 bits per heavy atom. The Bertz CT molecular complexity index is 1340. The third-order valence-corrected chi connectivity index (χ3v) is 6.06. The topological polar surface area (TPSA) is 104 Å². The Morgan fingerprint density at radius 1 is 1.15 bits per heavy atom. The summed E-state index contributed by atoms with van der Waals surface area (Å²) in [5, 5.41) is -0.0598. The van der Waals surface area contributed by atoms with Gasteiger partial charge in [-0.05, 0) is 51.3 Å². The minimum atomic E-state index is -0.743. The average molecular weight is 450 g/mol. The van der Waals surface area contributed by atoms with Crippen molar-refractivity contribution >= 4 is 22.9 Å². The van der Waals surface area contributed by atoms with Crippen molar-refractivity contribution in [3.63, 3.8) is 0 Å². The predicted octanol–water partition coefficient (Wildman–Crippen LogP) is 2.04. The number of para-hydroxylation sites is 1. The van der Waals surface area contributed by atoms with E-state index in [2.05, 4.69) is 4.98 Å². The van der Waals surface area contributed by atoms with Crippen molar-refractivity contribution in [2.75, 3.05) is 13.7 Å². The molecular formula is C24H26N4O5. The van der Waals surface area contributed by atoms with Crippen molar-refractivity contribution in [3.8, 4) is 5.69 Å². The molecule has 9 heteroatoms. The van der Waals surface area contributed by atoms with E-state index in [-0.39, 0.29) is 28.5 Å². The molecule has 0 spiro atoms. The van der Waals surface area contributed by atoms with E-state index >= 15 is 0 Å². The molecule has 0 saturated carbocycles. The second-order valence-corrected chi connectivity index (χ2v) is 8.28. The van der Waals surface area contributed by atoms with Crippen LogP contribution < -0.4 is 11.2 Å². The maximum atomic E-state index is 13.6. The number of aromatic nitrogens is 3. The SMILES string of the molecule is COC(=O)c1cc(C)nc2c1c(=O)n(CC(=O)N1CCCC[C@H]1C)c(=O)n2-c1ccccc1. The fourth-order valence-corrected chi connectivity index (χ4v) is 4.38. The molecule has 3 aromatic rings. The molecule has 4 rings (SSSR count). The molecule has 0 radical (unpaired) electrons. The number of likely N-dealkylation sites (tertiary alicyclic amines) is 1. The fraction of sp³-hybridized carbons (Fsp3) is 0.375. The molecule has 1 fully saturated rings. The van der Waals surface area contributed by atoms with Gasteiger partial charge in [0.05, 0.1) is 23.7 Å². The number of aryl methyl sites for hydroxylation is 1. The van der Waals surface area contributed by atoms with Crippen molar-refractivity contribution in [2.24, 2.45) is 0 Å². The minimum Gasteiger partial charge on any atom is -0.465 e. The Morgan fingerprint density at radius 3 is 2.55 bits per heavy atom. The molecule has 0 unspecified atom stereocenters. The van der Waals surface area contributed by atoms with E-state index in [0.717, 1.165) is 23.8 Å². The van der Waals surface area contributed by atoms with Gasteiger partial charge in [0.1, 0.15) is 6.54 Å². The first kappa shape index (κ1) is 22.4. The van der Waals surface area contributed by atoms with Gasteiger partial charge in [0, 0.05) is 18.3 Å². The predicted molar refractivity (Wildman–Crippen MR) is 123 cm³/mol. The van der Waals surface area contributed by atoms with Crippen LogP contribution in [0.4, 0.5) is 0 Å². The number of benzene rings is 1. The summed E-state index contributed by atoms with van der Waals surface area (Å²) in [6, 6.07) is 10.2. The van der Waals surface area contributed by atoms with Crippen molar-refractivity contribution in [1.82, 2.24) is 19.0 Å². The van der Waals surface area contributed by atoms with Crippen LogP contribution in [0, 0.1) is 6.92 Å². The third-order valence-electron chi connectivity index (χ3n) is 6.06. The molecule has 1 aliphatic rings. The lowest BCUT2D eigenvalue weighted by Gasteiger charge is -2.33. The molecule has 33 heavy (non-hydrogen) atoms. The van der Waals surface area contributed by atoms with Crippen molar-refractivity contribution < 1.29 is 14.3 Å². The monoisotopic (exact) mass is 450 g/mol. The van der Waals surface area contributed by atoms with Gasteiger partial charge in [-0.25, -0.2) is 23.7 Å². The molecule has 1 saturated heterocycles. The van der Waals surface area contributed by atoms with Crippen molar-refractivity contribution in [3.05, 3.63) is 68.5 Å².